The van der Waals surface area contributed by atoms with Gasteiger partial charge in [0.1, 0.15) is 0 Å². The van der Waals surface area contributed by atoms with Crippen LogP contribution in [-0.4, -0.2) is 31.1 Å². The van der Waals surface area contributed by atoms with Crippen LogP contribution < -0.4 is 0 Å². The third-order valence-corrected chi connectivity index (χ3v) is 6.16. The molecule has 1 fully saturated rings. The number of nitrogens with zero attached hydrogens (tertiary/aromatic N) is 1. The number of esters is 1. The summed E-state index contributed by atoms with van der Waals surface area (Å²) in [5, 5.41) is 0. The third kappa shape index (κ3) is 3.41. The van der Waals surface area contributed by atoms with Gasteiger partial charge in [0.25, 0.3) is 0 Å². The Bertz CT molecular complexity index is 811. The molecule has 2 aromatic carbocycles. The summed E-state index contributed by atoms with van der Waals surface area (Å²) in [7, 11) is 1.44. The van der Waals surface area contributed by atoms with Gasteiger partial charge >= 0.3 is 5.97 Å². The molecule has 1 unspecified atom stereocenters. The highest BCUT2D eigenvalue weighted by Crippen LogP contribution is 2.43. The monoisotopic (exact) mass is 349 g/mol. The van der Waals surface area contributed by atoms with Crippen LogP contribution in [0.4, 0.5) is 0 Å². The summed E-state index contributed by atoms with van der Waals surface area (Å²) in [6.45, 7) is 5.55. The van der Waals surface area contributed by atoms with Crippen molar-refractivity contribution in [3.63, 3.8) is 0 Å². The van der Waals surface area contributed by atoms with Gasteiger partial charge in [-0.1, -0.05) is 35.9 Å². The zero-order valence-corrected chi connectivity index (χ0v) is 15.8. The molecule has 3 heteroatoms. The molecule has 136 valence electrons. The van der Waals surface area contributed by atoms with Gasteiger partial charge in [-0.25, -0.2) is 4.79 Å². The molecule has 26 heavy (non-hydrogen) atoms. The number of carbonyl (C=O) groups is 1. The number of hydrogen-bond acceptors (Lipinski definition) is 3. The van der Waals surface area contributed by atoms with Crippen molar-refractivity contribution in [2.75, 3.05) is 20.2 Å². The molecule has 0 bridgehead atoms. The predicted octanol–water partition coefficient (Wildman–Crippen LogP) is 4.16. The van der Waals surface area contributed by atoms with Crippen molar-refractivity contribution in [1.82, 2.24) is 4.90 Å². The van der Waals surface area contributed by atoms with E-state index in [-0.39, 0.29) is 5.97 Å². The Kier molecular flexibility index (Phi) is 4.58. The van der Waals surface area contributed by atoms with Gasteiger partial charge in [-0.2, -0.15) is 0 Å². The first kappa shape index (κ1) is 17.3. The second kappa shape index (κ2) is 6.88. The molecule has 1 aliphatic heterocycles. The summed E-state index contributed by atoms with van der Waals surface area (Å²) < 4.78 is 4.85. The van der Waals surface area contributed by atoms with Crippen LogP contribution >= 0.6 is 0 Å². The van der Waals surface area contributed by atoms with Crippen molar-refractivity contribution in [3.8, 4) is 0 Å². The Balaban J connectivity index is 1.45. The topological polar surface area (TPSA) is 29.5 Å². The molecule has 1 atom stereocenters. The molecule has 0 radical (unpaired) electrons. The van der Waals surface area contributed by atoms with Gasteiger partial charge in [0, 0.05) is 13.1 Å². The van der Waals surface area contributed by atoms with E-state index in [4.69, 9.17) is 4.74 Å². The fourth-order valence-electron chi connectivity index (χ4n) is 4.63. The summed E-state index contributed by atoms with van der Waals surface area (Å²) in [5.74, 6) is -0.238. The summed E-state index contributed by atoms with van der Waals surface area (Å²) in [5.41, 5.74) is 6.56. The summed E-state index contributed by atoms with van der Waals surface area (Å²) in [4.78, 5) is 14.4. The van der Waals surface area contributed by atoms with E-state index in [1.54, 1.807) is 0 Å². The second-order valence-corrected chi connectivity index (χ2v) is 8.10. The SMILES string of the molecule is COC(=O)c1ccc2c(c1)CCC1(CCN(Cc3ccc(C)cc3)C1)C2. The van der Waals surface area contributed by atoms with E-state index in [2.05, 4.69) is 42.2 Å². The van der Waals surface area contributed by atoms with Crippen LogP contribution in [0.5, 0.6) is 0 Å². The first-order valence-corrected chi connectivity index (χ1v) is 9.55. The number of carbonyl (C=O) groups excluding carboxylic acids is 1. The minimum absolute atomic E-state index is 0.238. The minimum atomic E-state index is -0.238. The van der Waals surface area contributed by atoms with Crippen molar-refractivity contribution >= 4 is 5.97 Å². The normalized spacial score (nSPS) is 22.4. The first-order valence-electron chi connectivity index (χ1n) is 9.55. The highest BCUT2D eigenvalue weighted by Gasteiger charge is 2.40. The van der Waals surface area contributed by atoms with E-state index in [1.807, 2.05) is 12.1 Å². The molecule has 4 rings (SSSR count). The molecular formula is C23H27NO2. The van der Waals surface area contributed by atoms with E-state index in [9.17, 15) is 4.79 Å². The van der Waals surface area contributed by atoms with Crippen molar-refractivity contribution < 1.29 is 9.53 Å². The van der Waals surface area contributed by atoms with E-state index < -0.39 is 0 Å². The largest absolute Gasteiger partial charge is 0.465 e. The van der Waals surface area contributed by atoms with Gasteiger partial charge in [-0.3, -0.25) is 4.90 Å². The summed E-state index contributed by atoms with van der Waals surface area (Å²) in [6, 6.07) is 15.0. The molecule has 3 nitrogen and oxygen atoms in total. The van der Waals surface area contributed by atoms with Crippen LogP contribution in [0.3, 0.4) is 0 Å². The number of hydrogen-bond donors (Lipinski definition) is 0. The lowest BCUT2D eigenvalue weighted by Crippen LogP contribution is -2.32. The fourth-order valence-corrected chi connectivity index (χ4v) is 4.63. The number of likely N-dealkylation sites (tertiary alicyclic amines) is 1. The maximum Gasteiger partial charge on any atom is 0.337 e. The number of methoxy groups -OCH3 is 1. The molecule has 1 spiro atoms. The highest BCUT2D eigenvalue weighted by atomic mass is 16.5. The molecule has 1 aliphatic carbocycles. The lowest BCUT2D eigenvalue weighted by molar-refractivity contribution is 0.0600. The van der Waals surface area contributed by atoms with Crippen LogP contribution in [-0.2, 0) is 24.1 Å². The van der Waals surface area contributed by atoms with E-state index in [1.165, 1.54) is 55.3 Å². The van der Waals surface area contributed by atoms with Crippen molar-refractivity contribution in [3.05, 3.63) is 70.3 Å². The minimum Gasteiger partial charge on any atom is -0.465 e. The molecule has 0 N–H and O–H groups in total. The fraction of sp³-hybridized carbons (Fsp3) is 0.435. The molecule has 1 saturated heterocycles. The Morgan fingerprint density at radius 1 is 1.12 bits per heavy atom. The van der Waals surface area contributed by atoms with Gasteiger partial charge in [0.05, 0.1) is 12.7 Å². The van der Waals surface area contributed by atoms with E-state index >= 15 is 0 Å². The van der Waals surface area contributed by atoms with Gasteiger partial charge in [0.15, 0.2) is 0 Å². The quantitative estimate of drug-likeness (QED) is 0.779. The molecular weight excluding hydrogens is 322 g/mol. The maximum atomic E-state index is 11.8. The van der Waals surface area contributed by atoms with Crippen LogP contribution in [0.1, 0.15) is 45.5 Å². The average Bonchev–Trinajstić information content (AvgIpc) is 3.04. The summed E-state index contributed by atoms with van der Waals surface area (Å²) in [6.07, 6.45) is 4.69. The molecule has 0 amide bonds. The number of fused-ring (bicyclic) bond motifs is 1. The average molecular weight is 349 g/mol. The van der Waals surface area contributed by atoms with E-state index in [0.29, 0.717) is 11.0 Å². The van der Waals surface area contributed by atoms with Crippen LogP contribution in [0, 0.1) is 12.3 Å². The standard InChI is InChI=1S/C23H27NO2/c1-17-3-5-18(6-4-17)15-24-12-11-23(16-24)10-9-19-13-20(22(25)26-2)7-8-21(19)14-23/h3-8,13H,9-12,14-16H2,1-2H3. The van der Waals surface area contributed by atoms with Crippen molar-refractivity contribution in [2.45, 2.75) is 39.2 Å². The Hall–Kier alpha value is -2.13. The number of rotatable bonds is 3. The maximum absolute atomic E-state index is 11.8. The van der Waals surface area contributed by atoms with Gasteiger partial charge < -0.3 is 4.74 Å². The second-order valence-electron chi connectivity index (χ2n) is 8.10. The number of aryl methyl sites for hydroxylation is 2. The smallest absolute Gasteiger partial charge is 0.337 e. The summed E-state index contributed by atoms with van der Waals surface area (Å²) >= 11 is 0. The lowest BCUT2D eigenvalue weighted by atomic mass is 9.71. The first-order chi connectivity index (χ1) is 12.6. The molecule has 2 aliphatic rings. The molecule has 0 aromatic heterocycles. The van der Waals surface area contributed by atoms with Gasteiger partial charge in [0.2, 0.25) is 0 Å². The molecule has 1 heterocycles. The zero-order valence-electron chi connectivity index (χ0n) is 15.8. The predicted molar refractivity (Wildman–Crippen MR) is 103 cm³/mol. The number of benzene rings is 2. The van der Waals surface area contributed by atoms with Crippen molar-refractivity contribution in [2.24, 2.45) is 5.41 Å². The molecule has 0 saturated carbocycles. The number of ether oxygens (including phenoxy) is 1. The van der Waals surface area contributed by atoms with Crippen LogP contribution in [0.25, 0.3) is 0 Å². The third-order valence-electron chi connectivity index (χ3n) is 6.16. The molecule has 2 aromatic rings. The highest BCUT2D eigenvalue weighted by molar-refractivity contribution is 5.89. The van der Waals surface area contributed by atoms with E-state index in [0.717, 1.165) is 19.4 Å². The lowest BCUT2D eigenvalue weighted by Gasteiger charge is -2.35. The Labute approximate surface area is 156 Å². The van der Waals surface area contributed by atoms with Gasteiger partial charge in [-0.05, 0) is 73.4 Å². The zero-order chi connectivity index (χ0) is 18.1. The van der Waals surface area contributed by atoms with Crippen LogP contribution in [0.15, 0.2) is 42.5 Å². The van der Waals surface area contributed by atoms with Crippen molar-refractivity contribution in [1.29, 1.82) is 0 Å². The Morgan fingerprint density at radius 2 is 1.92 bits per heavy atom. The van der Waals surface area contributed by atoms with Gasteiger partial charge in [-0.15, -0.1) is 0 Å². The van der Waals surface area contributed by atoms with Crippen LogP contribution in [0.2, 0.25) is 0 Å². The Morgan fingerprint density at radius 3 is 2.69 bits per heavy atom.